The molecule has 2 nitrogen and oxygen atoms in total. The highest BCUT2D eigenvalue weighted by atomic mass is 16.3. The molecule has 0 aromatic rings. The summed E-state index contributed by atoms with van der Waals surface area (Å²) in [4.78, 5) is 2.71. The van der Waals surface area contributed by atoms with Crippen molar-refractivity contribution < 1.29 is 5.11 Å². The monoisotopic (exact) mass is 253 g/mol. The van der Waals surface area contributed by atoms with Crippen molar-refractivity contribution in [3.05, 3.63) is 0 Å². The minimum absolute atomic E-state index is 0.0204. The Labute approximate surface area is 113 Å². The zero-order chi connectivity index (χ0) is 13.0. The summed E-state index contributed by atoms with van der Waals surface area (Å²) in [5, 5.41) is 10.0. The lowest BCUT2D eigenvalue weighted by Crippen LogP contribution is -2.40. The number of rotatable bonds is 6. The molecule has 0 amide bonds. The van der Waals surface area contributed by atoms with Gasteiger partial charge in [0, 0.05) is 12.6 Å². The van der Waals surface area contributed by atoms with Gasteiger partial charge in [-0.25, -0.2) is 0 Å². The average Bonchev–Trinajstić information content (AvgIpc) is 2.96. The summed E-state index contributed by atoms with van der Waals surface area (Å²) in [5.74, 6) is 1.35. The molecule has 0 aromatic heterocycles. The van der Waals surface area contributed by atoms with E-state index in [1.54, 1.807) is 0 Å². The molecule has 2 aliphatic carbocycles. The standard InChI is InChI=1S/C16H31NO/c1-13(2)10-11-17(15-7-3-4-8-15)12-14-6-5-9-16(14)18/h13-16,18H,3-12H2,1-2H3. The molecule has 0 bridgehead atoms. The second-order valence-electron chi connectivity index (χ2n) is 6.87. The van der Waals surface area contributed by atoms with Gasteiger partial charge in [0.2, 0.25) is 0 Å². The van der Waals surface area contributed by atoms with Crippen molar-refractivity contribution in [2.24, 2.45) is 11.8 Å². The lowest BCUT2D eigenvalue weighted by Gasteiger charge is -2.32. The minimum Gasteiger partial charge on any atom is -0.393 e. The van der Waals surface area contributed by atoms with Gasteiger partial charge in [-0.3, -0.25) is 0 Å². The van der Waals surface area contributed by atoms with Crippen molar-refractivity contribution in [2.45, 2.75) is 77.4 Å². The van der Waals surface area contributed by atoms with Crippen LogP contribution in [0.3, 0.4) is 0 Å². The highest BCUT2D eigenvalue weighted by Gasteiger charge is 2.30. The zero-order valence-corrected chi connectivity index (χ0v) is 12.3. The van der Waals surface area contributed by atoms with Crippen LogP contribution < -0.4 is 0 Å². The Bertz CT molecular complexity index is 235. The predicted octanol–water partition coefficient (Wildman–Crippen LogP) is 3.44. The molecular weight excluding hydrogens is 222 g/mol. The van der Waals surface area contributed by atoms with Crippen LogP contribution in [0.5, 0.6) is 0 Å². The Balaban J connectivity index is 1.86. The third-order valence-electron chi connectivity index (χ3n) is 4.92. The summed E-state index contributed by atoms with van der Waals surface area (Å²) in [7, 11) is 0. The van der Waals surface area contributed by atoms with E-state index in [0.717, 1.165) is 24.9 Å². The average molecular weight is 253 g/mol. The van der Waals surface area contributed by atoms with Crippen LogP contribution in [-0.4, -0.2) is 35.2 Å². The van der Waals surface area contributed by atoms with E-state index in [-0.39, 0.29) is 6.10 Å². The van der Waals surface area contributed by atoms with Gasteiger partial charge in [-0.1, -0.05) is 33.1 Å². The smallest absolute Gasteiger partial charge is 0.0580 e. The van der Waals surface area contributed by atoms with E-state index >= 15 is 0 Å². The molecule has 1 N–H and O–H groups in total. The van der Waals surface area contributed by atoms with Crippen molar-refractivity contribution >= 4 is 0 Å². The van der Waals surface area contributed by atoms with Crippen LogP contribution in [0.2, 0.25) is 0 Å². The van der Waals surface area contributed by atoms with E-state index in [0.29, 0.717) is 5.92 Å². The summed E-state index contributed by atoms with van der Waals surface area (Å²) in [5.41, 5.74) is 0. The summed E-state index contributed by atoms with van der Waals surface area (Å²) in [6.07, 6.45) is 10.4. The zero-order valence-electron chi connectivity index (χ0n) is 12.3. The number of aliphatic hydroxyl groups excluding tert-OH is 1. The van der Waals surface area contributed by atoms with Gasteiger partial charge in [-0.15, -0.1) is 0 Å². The molecule has 0 spiro atoms. The molecule has 0 saturated heterocycles. The maximum absolute atomic E-state index is 10.0. The van der Waals surface area contributed by atoms with Crippen molar-refractivity contribution in [1.82, 2.24) is 4.90 Å². The third-order valence-corrected chi connectivity index (χ3v) is 4.92. The lowest BCUT2D eigenvalue weighted by atomic mass is 10.0. The lowest BCUT2D eigenvalue weighted by molar-refractivity contribution is 0.0832. The van der Waals surface area contributed by atoms with Crippen LogP contribution in [-0.2, 0) is 0 Å². The van der Waals surface area contributed by atoms with Gasteiger partial charge < -0.3 is 10.0 Å². The van der Waals surface area contributed by atoms with E-state index in [1.165, 1.54) is 51.5 Å². The first-order chi connectivity index (χ1) is 8.66. The van der Waals surface area contributed by atoms with Crippen LogP contribution in [0.1, 0.15) is 65.2 Å². The molecule has 106 valence electrons. The Morgan fingerprint density at radius 2 is 1.78 bits per heavy atom. The van der Waals surface area contributed by atoms with Crippen molar-refractivity contribution in [3.8, 4) is 0 Å². The van der Waals surface area contributed by atoms with Gasteiger partial charge in [0.25, 0.3) is 0 Å². The molecule has 0 radical (unpaired) electrons. The predicted molar refractivity (Wildman–Crippen MR) is 76.6 cm³/mol. The Morgan fingerprint density at radius 1 is 1.06 bits per heavy atom. The molecule has 2 heteroatoms. The molecule has 2 unspecified atom stereocenters. The largest absolute Gasteiger partial charge is 0.393 e. The Hall–Kier alpha value is -0.0800. The van der Waals surface area contributed by atoms with Crippen LogP contribution in [0.15, 0.2) is 0 Å². The van der Waals surface area contributed by atoms with E-state index in [1.807, 2.05) is 0 Å². The second kappa shape index (κ2) is 6.91. The van der Waals surface area contributed by atoms with Gasteiger partial charge in [-0.05, 0) is 50.5 Å². The molecule has 18 heavy (non-hydrogen) atoms. The normalized spacial score (nSPS) is 29.8. The van der Waals surface area contributed by atoms with Crippen LogP contribution in [0.4, 0.5) is 0 Å². The topological polar surface area (TPSA) is 23.5 Å². The number of hydrogen-bond donors (Lipinski definition) is 1. The van der Waals surface area contributed by atoms with Gasteiger partial charge in [0.05, 0.1) is 6.10 Å². The molecule has 2 atom stereocenters. The highest BCUT2D eigenvalue weighted by Crippen LogP contribution is 2.30. The molecule has 2 rings (SSSR count). The number of aliphatic hydroxyl groups is 1. The van der Waals surface area contributed by atoms with E-state index in [2.05, 4.69) is 18.7 Å². The Morgan fingerprint density at radius 3 is 2.33 bits per heavy atom. The van der Waals surface area contributed by atoms with E-state index in [4.69, 9.17) is 0 Å². The summed E-state index contributed by atoms with van der Waals surface area (Å²) in [6.45, 7) is 7.03. The first-order valence-corrected chi connectivity index (χ1v) is 8.09. The number of hydrogen-bond acceptors (Lipinski definition) is 2. The fraction of sp³-hybridized carbons (Fsp3) is 1.00. The van der Waals surface area contributed by atoms with Gasteiger partial charge in [-0.2, -0.15) is 0 Å². The van der Waals surface area contributed by atoms with Crippen molar-refractivity contribution in [3.63, 3.8) is 0 Å². The maximum Gasteiger partial charge on any atom is 0.0580 e. The molecule has 0 heterocycles. The quantitative estimate of drug-likeness (QED) is 0.784. The summed E-state index contributed by atoms with van der Waals surface area (Å²) < 4.78 is 0. The molecular formula is C16H31NO. The molecule has 2 fully saturated rings. The fourth-order valence-electron chi connectivity index (χ4n) is 3.65. The Kier molecular flexibility index (Phi) is 5.50. The SMILES string of the molecule is CC(C)CCN(CC1CCCC1O)C1CCCC1. The first-order valence-electron chi connectivity index (χ1n) is 8.09. The van der Waals surface area contributed by atoms with Gasteiger partial charge in [0.15, 0.2) is 0 Å². The minimum atomic E-state index is -0.0204. The van der Waals surface area contributed by atoms with Crippen LogP contribution in [0.25, 0.3) is 0 Å². The highest BCUT2D eigenvalue weighted by molar-refractivity contribution is 4.84. The van der Waals surface area contributed by atoms with Crippen LogP contribution in [0, 0.1) is 11.8 Å². The van der Waals surface area contributed by atoms with E-state index in [9.17, 15) is 5.11 Å². The first kappa shape index (κ1) is 14.3. The second-order valence-corrected chi connectivity index (χ2v) is 6.87. The van der Waals surface area contributed by atoms with Crippen molar-refractivity contribution in [1.29, 1.82) is 0 Å². The van der Waals surface area contributed by atoms with Gasteiger partial charge in [0.1, 0.15) is 0 Å². The molecule has 0 aliphatic heterocycles. The summed E-state index contributed by atoms with van der Waals surface area (Å²) in [6, 6.07) is 0.816. The summed E-state index contributed by atoms with van der Waals surface area (Å²) >= 11 is 0. The molecule has 0 aromatic carbocycles. The van der Waals surface area contributed by atoms with E-state index < -0.39 is 0 Å². The number of nitrogens with zero attached hydrogens (tertiary/aromatic N) is 1. The molecule has 2 aliphatic rings. The maximum atomic E-state index is 10.0. The molecule has 2 saturated carbocycles. The van der Waals surface area contributed by atoms with Crippen LogP contribution >= 0.6 is 0 Å². The fourth-order valence-corrected chi connectivity index (χ4v) is 3.65. The van der Waals surface area contributed by atoms with Gasteiger partial charge >= 0.3 is 0 Å². The van der Waals surface area contributed by atoms with Crippen molar-refractivity contribution in [2.75, 3.05) is 13.1 Å². The third kappa shape index (κ3) is 3.96.